The van der Waals surface area contributed by atoms with Gasteiger partial charge in [0.2, 0.25) is 0 Å². The van der Waals surface area contributed by atoms with E-state index in [4.69, 9.17) is 15.7 Å². The summed E-state index contributed by atoms with van der Waals surface area (Å²) in [5.74, 6) is 0. The normalized spacial score (nSPS) is 12.7. The molecule has 2 aliphatic rings. The van der Waals surface area contributed by atoms with E-state index in [0.717, 1.165) is 130 Å². The number of H-pyrrole nitrogens is 2. The van der Waals surface area contributed by atoms with Gasteiger partial charge in [-0.25, -0.2) is 9.97 Å². The fourth-order valence-electron chi connectivity index (χ4n) is 13.6. The van der Waals surface area contributed by atoms with Gasteiger partial charge in [-0.1, -0.05) is 220 Å². The Bertz CT molecular complexity index is 3670. The van der Waals surface area contributed by atoms with Gasteiger partial charge in [0, 0.05) is 33.5 Å². The maximum Gasteiger partial charge on any atom is 0.114 e. The summed E-state index contributed by atoms with van der Waals surface area (Å²) in [7, 11) is 0. The van der Waals surface area contributed by atoms with Crippen molar-refractivity contribution in [3.8, 4) is 22.3 Å². The van der Waals surface area contributed by atoms with E-state index in [1.165, 1.54) is 138 Å². The highest BCUT2D eigenvalue weighted by Gasteiger charge is 2.37. The summed E-state index contributed by atoms with van der Waals surface area (Å²) >= 11 is 0. The molecule has 8 bridgehead atoms. The number of nitrogens with two attached hydrogens (primary N) is 1. The lowest BCUT2D eigenvalue weighted by atomic mass is 9.76. The van der Waals surface area contributed by atoms with E-state index in [2.05, 4.69) is 222 Å². The zero-order chi connectivity index (χ0) is 59.3. The number of nitrogens with one attached hydrogen (secondary N) is 3. The van der Waals surface area contributed by atoms with Crippen molar-refractivity contribution >= 4 is 55.7 Å². The summed E-state index contributed by atoms with van der Waals surface area (Å²) in [5, 5.41) is 4.18. The lowest BCUT2D eigenvalue weighted by Crippen LogP contribution is -2.38. The predicted molar refractivity (Wildman–Crippen MR) is 367 cm³/mol. The largest absolute Gasteiger partial charge is 0.399 e. The molecule has 6 nitrogen and oxygen atoms in total. The second-order valence-electron chi connectivity index (χ2n) is 24.4. The Hall–Kier alpha value is -7.70. The number of aromatic amines is 2. The number of hydrogen-bond acceptors (Lipinski definition) is 4. The van der Waals surface area contributed by atoms with E-state index >= 15 is 0 Å². The van der Waals surface area contributed by atoms with Crippen molar-refractivity contribution in [3.05, 3.63) is 213 Å². The highest BCUT2D eigenvalue weighted by atomic mass is 15.0. The van der Waals surface area contributed by atoms with E-state index in [-0.39, 0.29) is 0 Å². The molecule has 8 aromatic rings. The summed E-state index contributed by atoms with van der Waals surface area (Å²) in [6.07, 6.45) is 22.9. The first-order chi connectivity index (χ1) is 41.6. The zero-order valence-electron chi connectivity index (χ0n) is 52.5. The molecular weight excluding hydrogens is 1030 g/mol. The van der Waals surface area contributed by atoms with E-state index in [0.29, 0.717) is 0 Å². The number of unbranched alkanes of at least 4 members (excludes halogenated alkanes) is 12. The summed E-state index contributed by atoms with van der Waals surface area (Å²) in [5.41, 5.74) is 35.0. The van der Waals surface area contributed by atoms with Gasteiger partial charge in [0.1, 0.15) is 5.54 Å². The number of nitrogens with zero attached hydrogens (tertiary/aromatic N) is 2. The van der Waals surface area contributed by atoms with Crippen molar-refractivity contribution in [3.63, 3.8) is 0 Å². The van der Waals surface area contributed by atoms with Crippen LogP contribution < -0.4 is 11.1 Å². The number of benzene rings is 5. The van der Waals surface area contributed by atoms with E-state index in [1.807, 2.05) is 0 Å². The first kappa shape index (κ1) is 60.4. The summed E-state index contributed by atoms with van der Waals surface area (Å²) in [6.45, 7) is 18.6. The first-order valence-electron chi connectivity index (χ1n) is 32.7. The van der Waals surface area contributed by atoms with Crippen molar-refractivity contribution in [2.45, 2.75) is 189 Å². The highest BCUT2D eigenvalue weighted by Crippen LogP contribution is 2.46. The fraction of sp³-hybridized carbons (Fsp3) is 0.367. The van der Waals surface area contributed by atoms with Crippen LogP contribution in [0.25, 0.3) is 66.6 Å². The molecule has 2 aliphatic heterocycles. The highest BCUT2D eigenvalue weighted by molar-refractivity contribution is 6.03. The summed E-state index contributed by atoms with van der Waals surface area (Å²) in [4.78, 5) is 20.3. The number of hydrogen-bond donors (Lipinski definition) is 4. The van der Waals surface area contributed by atoms with Gasteiger partial charge in [0.15, 0.2) is 0 Å². The van der Waals surface area contributed by atoms with Crippen LogP contribution in [0.5, 0.6) is 0 Å². The average molecular weight is 1130 g/mol. The van der Waals surface area contributed by atoms with Gasteiger partial charge in [-0.2, -0.15) is 0 Å². The summed E-state index contributed by atoms with van der Waals surface area (Å²) < 4.78 is 0. The lowest BCUT2D eigenvalue weighted by Gasteiger charge is -2.38. The van der Waals surface area contributed by atoms with Crippen molar-refractivity contribution in [2.75, 3.05) is 11.1 Å². The topological polar surface area (TPSA) is 95.4 Å². The first-order valence-corrected chi connectivity index (χ1v) is 32.7. The number of allylic oxidation sites excluding steroid dienone is 4. The molecule has 5 heterocycles. The van der Waals surface area contributed by atoms with Crippen LogP contribution >= 0.6 is 0 Å². The molecule has 6 heteroatoms. The Morgan fingerprint density at radius 3 is 1.13 bits per heavy atom. The molecule has 5 aromatic carbocycles. The van der Waals surface area contributed by atoms with Crippen LogP contribution in [-0.4, -0.2) is 19.9 Å². The van der Waals surface area contributed by atoms with Gasteiger partial charge < -0.3 is 21.0 Å². The summed E-state index contributed by atoms with van der Waals surface area (Å²) in [6, 6.07) is 55.4. The molecule has 0 fully saturated rings. The van der Waals surface area contributed by atoms with Crippen LogP contribution in [0.3, 0.4) is 0 Å². The van der Waals surface area contributed by atoms with Crippen LogP contribution in [0.4, 0.5) is 11.4 Å². The van der Waals surface area contributed by atoms with Crippen LogP contribution in [0.1, 0.15) is 219 Å². The van der Waals surface area contributed by atoms with Gasteiger partial charge in [-0.3, -0.25) is 0 Å². The number of anilines is 2. The van der Waals surface area contributed by atoms with Crippen LogP contribution in [0.2, 0.25) is 0 Å². The SMILES string of the molecule is CCCCCCC1=C(C)c2nc1cc1[nH]c(c(C)c1CCCCCC)c(-c1ccc(N)cc1)c1nc(cc3[nH]c(c(C)c3CCCCCC)c2-c2ccc(NC(c3ccccc3)(c3ccccc3)c3ccccc3)cc2)C(CCCCCC)=C1C. The molecular formula is C79H94N6. The molecule has 3 aromatic heterocycles. The molecule has 0 saturated carbocycles. The van der Waals surface area contributed by atoms with Gasteiger partial charge in [-0.15, -0.1) is 0 Å². The van der Waals surface area contributed by atoms with E-state index < -0.39 is 5.54 Å². The number of nitrogen functional groups attached to an aromatic ring is 1. The Morgan fingerprint density at radius 1 is 0.412 bits per heavy atom. The van der Waals surface area contributed by atoms with E-state index in [9.17, 15) is 0 Å². The van der Waals surface area contributed by atoms with Crippen LogP contribution in [0, 0.1) is 13.8 Å². The van der Waals surface area contributed by atoms with Crippen molar-refractivity contribution in [1.29, 1.82) is 0 Å². The van der Waals surface area contributed by atoms with E-state index in [1.54, 1.807) is 0 Å². The molecule has 85 heavy (non-hydrogen) atoms. The Kier molecular flexibility index (Phi) is 20.2. The second-order valence-corrected chi connectivity index (χ2v) is 24.4. The predicted octanol–water partition coefficient (Wildman–Crippen LogP) is 22.3. The smallest absolute Gasteiger partial charge is 0.114 e. The quantitative estimate of drug-likeness (QED) is 0.0234. The molecule has 0 unspecified atom stereocenters. The number of fused-ring (bicyclic) bond motifs is 8. The minimum Gasteiger partial charge on any atom is -0.399 e. The molecule has 0 atom stereocenters. The van der Waals surface area contributed by atoms with Gasteiger partial charge in [0.05, 0.1) is 33.8 Å². The molecule has 0 radical (unpaired) electrons. The maximum atomic E-state index is 6.48. The Balaban J connectivity index is 1.30. The number of aryl methyl sites for hydroxylation is 4. The van der Waals surface area contributed by atoms with Crippen LogP contribution in [0.15, 0.2) is 152 Å². The van der Waals surface area contributed by atoms with Gasteiger partial charge in [-0.05, 0) is 188 Å². The molecule has 0 aliphatic carbocycles. The monoisotopic (exact) mass is 1130 g/mol. The Labute approximate surface area is 509 Å². The molecule has 5 N–H and O–H groups in total. The molecule has 0 spiro atoms. The fourth-order valence-corrected chi connectivity index (χ4v) is 13.6. The zero-order valence-corrected chi connectivity index (χ0v) is 52.5. The minimum absolute atomic E-state index is 0.671. The van der Waals surface area contributed by atoms with Crippen molar-refractivity contribution in [1.82, 2.24) is 19.9 Å². The standard InChI is InChI=1S/C79H94N6/c1-9-13-17-30-40-65-54(5)75-73(58-44-48-63(80)49-45-58)76-55(6)66(41-31-18-14-10-2)70(82-76)53-72-68(43-33-20-16-12-4)57(8)78(84-72)74(77-56(7)67(42-32-19-15-11-3)71(83-77)52-69(65)81-75)59-46-50-64(51-47-59)85-79(60-34-24-21-25-35-60,61-36-26-22-27-37-61)62-38-28-23-29-39-62/h21-29,34-39,44-53,81,84-85H,9-20,30-33,40-43,80H2,1-8H3. The van der Waals surface area contributed by atoms with Gasteiger partial charge in [0.25, 0.3) is 0 Å². The average Bonchev–Trinajstić information content (AvgIpc) is 2.07. The van der Waals surface area contributed by atoms with Crippen molar-refractivity contribution < 1.29 is 0 Å². The molecule has 0 saturated heterocycles. The minimum atomic E-state index is -0.671. The second kappa shape index (κ2) is 28.5. The van der Waals surface area contributed by atoms with Crippen LogP contribution in [-0.2, 0) is 18.4 Å². The molecule has 0 amide bonds. The molecule has 440 valence electrons. The third-order valence-electron chi connectivity index (χ3n) is 18.5. The number of rotatable bonds is 27. The third kappa shape index (κ3) is 13.1. The molecule has 10 rings (SSSR count). The van der Waals surface area contributed by atoms with Gasteiger partial charge >= 0.3 is 0 Å². The lowest BCUT2D eigenvalue weighted by molar-refractivity contribution is 0.667. The number of aromatic nitrogens is 4. The maximum absolute atomic E-state index is 6.48. The Morgan fingerprint density at radius 2 is 0.765 bits per heavy atom. The third-order valence-corrected chi connectivity index (χ3v) is 18.5. The van der Waals surface area contributed by atoms with Crippen molar-refractivity contribution in [2.24, 2.45) is 0 Å².